The molecule has 2 aromatic rings. The van der Waals surface area contributed by atoms with Crippen LogP contribution in [0.3, 0.4) is 0 Å². The molecule has 0 bridgehead atoms. The van der Waals surface area contributed by atoms with E-state index in [1.54, 1.807) is 6.07 Å². The number of nitrogens with zero attached hydrogens (tertiary/aromatic N) is 1. The number of benzene rings is 2. The van der Waals surface area contributed by atoms with E-state index in [0.717, 1.165) is 25.2 Å². The fourth-order valence-corrected chi connectivity index (χ4v) is 4.66. The Balaban J connectivity index is 1.61. The highest BCUT2D eigenvalue weighted by Crippen LogP contribution is 2.24. The van der Waals surface area contributed by atoms with Crippen LogP contribution >= 0.6 is 0 Å². The molecule has 0 spiro atoms. The fourth-order valence-electron chi connectivity index (χ4n) is 3.74. The van der Waals surface area contributed by atoms with Gasteiger partial charge in [0.1, 0.15) is 10.6 Å². The summed E-state index contributed by atoms with van der Waals surface area (Å²) in [6, 6.07) is 12.6. The third kappa shape index (κ3) is 6.29. The van der Waals surface area contributed by atoms with Crippen LogP contribution < -0.4 is 14.8 Å². The van der Waals surface area contributed by atoms with Crippen LogP contribution in [0, 0.1) is 0 Å². The Morgan fingerprint density at radius 2 is 1.65 bits per heavy atom. The van der Waals surface area contributed by atoms with E-state index in [-0.39, 0.29) is 22.1 Å². The highest BCUT2D eigenvalue weighted by Gasteiger charge is 2.20. The van der Waals surface area contributed by atoms with Gasteiger partial charge in [-0.15, -0.1) is 0 Å². The van der Waals surface area contributed by atoms with Gasteiger partial charge in [-0.2, -0.15) is 0 Å². The molecular formula is C23H31N3O4S. The molecule has 0 aliphatic carbocycles. The summed E-state index contributed by atoms with van der Waals surface area (Å²) >= 11 is 0. The number of carbonyl (C=O) groups excluding carboxylic acids is 1. The summed E-state index contributed by atoms with van der Waals surface area (Å²) in [5.74, 6) is -0.158. The first-order valence-corrected chi connectivity index (χ1v) is 12.1. The van der Waals surface area contributed by atoms with Gasteiger partial charge in [0.15, 0.2) is 0 Å². The molecular weight excluding hydrogens is 414 g/mol. The normalized spacial score (nSPS) is 15.3. The summed E-state index contributed by atoms with van der Waals surface area (Å²) in [4.78, 5) is 15.0. The van der Waals surface area contributed by atoms with Crippen molar-refractivity contribution in [1.82, 2.24) is 14.9 Å². The lowest BCUT2D eigenvalue weighted by Crippen LogP contribution is -2.25. The topological polar surface area (TPSA) is 87.7 Å². The molecule has 3 rings (SSSR count). The molecule has 0 unspecified atom stereocenters. The molecule has 2 N–H and O–H groups in total. The standard InChI is InChI=1S/C23H31N3O4S/c1-24-31(28,29)22-15-20(11-12-21(22)30-2)23(27)25-16-18-7-9-19(10-8-18)17-26-13-5-3-4-6-14-26/h7-12,15,24H,3-6,13-14,16-17H2,1-2H3,(H,25,27). The fraction of sp³-hybridized carbons (Fsp3) is 0.435. The van der Waals surface area contributed by atoms with Crippen LogP contribution in [0.15, 0.2) is 47.4 Å². The molecule has 0 saturated carbocycles. The Morgan fingerprint density at radius 3 is 2.26 bits per heavy atom. The molecule has 31 heavy (non-hydrogen) atoms. The van der Waals surface area contributed by atoms with Crippen molar-refractivity contribution in [2.24, 2.45) is 0 Å². The Morgan fingerprint density at radius 1 is 1.00 bits per heavy atom. The van der Waals surface area contributed by atoms with Gasteiger partial charge in [0.05, 0.1) is 7.11 Å². The first kappa shape index (κ1) is 23.2. The van der Waals surface area contributed by atoms with Crippen LogP contribution in [0.25, 0.3) is 0 Å². The summed E-state index contributed by atoms with van der Waals surface area (Å²) in [7, 11) is -1.04. The van der Waals surface area contributed by atoms with Crippen molar-refractivity contribution in [2.75, 3.05) is 27.2 Å². The molecule has 0 atom stereocenters. The highest BCUT2D eigenvalue weighted by molar-refractivity contribution is 7.89. The Labute approximate surface area is 184 Å². The number of rotatable bonds is 8. The van der Waals surface area contributed by atoms with Crippen LogP contribution in [-0.4, -0.2) is 46.5 Å². The van der Waals surface area contributed by atoms with Crippen molar-refractivity contribution in [2.45, 2.75) is 43.7 Å². The van der Waals surface area contributed by atoms with Gasteiger partial charge in [-0.3, -0.25) is 9.69 Å². The van der Waals surface area contributed by atoms with E-state index in [9.17, 15) is 13.2 Å². The monoisotopic (exact) mass is 445 g/mol. The van der Waals surface area contributed by atoms with E-state index < -0.39 is 10.0 Å². The molecule has 0 aromatic heterocycles. The van der Waals surface area contributed by atoms with Gasteiger partial charge >= 0.3 is 0 Å². The molecule has 2 aromatic carbocycles. The van der Waals surface area contributed by atoms with E-state index in [1.165, 1.54) is 57.5 Å². The predicted molar refractivity (Wildman–Crippen MR) is 121 cm³/mol. The van der Waals surface area contributed by atoms with Crippen molar-refractivity contribution < 1.29 is 17.9 Å². The molecule has 1 aliphatic heterocycles. The number of methoxy groups -OCH3 is 1. The van der Waals surface area contributed by atoms with Crippen LogP contribution in [0.5, 0.6) is 5.75 Å². The zero-order valence-corrected chi connectivity index (χ0v) is 19.0. The summed E-state index contributed by atoms with van der Waals surface area (Å²) in [5.41, 5.74) is 2.52. The van der Waals surface area contributed by atoms with E-state index in [2.05, 4.69) is 27.1 Å². The highest BCUT2D eigenvalue weighted by atomic mass is 32.2. The SMILES string of the molecule is CNS(=O)(=O)c1cc(C(=O)NCc2ccc(CN3CCCCCC3)cc2)ccc1OC. The van der Waals surface area contributed by atoms with Gasteiger partial charge in [0.25, 0.3) is 5.91 Å². The van der Waals surface area contributed by atoms with Crippen molar-refractivity contribution in [1.29, 1.82) is 0 Å². The largest absolute Gasteiger partial charge is 0.495 e. The van der Waals surface area contributed by atoms with Crippen LogP contribution in [0.2, 0.25) is 0 Å². The Bertz CT molecular complexity index is 982. The smallest absolute Gasteiger partial charge is 0.251 e. The number of carbonyl (C=O) groups is 1. The van der Waals surface area contributed by atoms with Crippen molar-refractivity contribution in [3.8, 4) is 5.75 Å². The molecule has 8 heteroatoms. The number of likely N-dealkylation sites (tertiary alicyclic amines) is 1. The lowest BCUT2D eigenvalue weighted by molar-refractivity contribution is 0.0950. The summed E-state index contributed by atoms with van der Waals surface area (Å²) in [5, 5.41) is 2.85. The molecule has 1 saturated heterocycles. The number of ether oxygens (including phenoxy) is 1. The molecule has 1 aliphatic rings. The first-order valence-electron chi connectivity index (χ1n) is 10.6. The number of hydrogen-bond donors (Lipinski definition) is 2. The summed E-state index contributed by atoms with van der Waals surface area (Å²) in [6.07, 6.45) is 5.19. The summed E-state index contributed by atoms with van der Waals surface area (Å²) in [6.45, 7) is 3.64. The minimum absolute atomic E-state index is 0.0667. The average Bonchev–Trinajstić information content (AvgIpc) is 3.06. The minimum atomic E-state index is -3.74. The zero-order valence-electron chi connectivity index (χ0n) is 18.2. The second-order valence-electron chi connectivity index (χ2n) is 7.76. The van der Waals surface area contributed by atoms with Crippen LogP contribution in [0.4, 0.5) is 0 Å². The molecule has 168 valence electrons. The number of nitrogens with one attached hydrogen (secondary N) is 2. The van der Waals surface area contributed by atoms with Crippen LogP contribution in [0.1, 0.15) is 47.2 Å². The number of hydrogen-bond acceptors (Lipinski definition) is 5. The van der Waals surface area contributed by atoms with Gasteiger partial charge < -0.3 is 10.1 Å². The number of amides is 1. The quantitative estimate of drug-likeness (QED) is 0.652. The number of sulfonamides is 1. The Kier molecular flexibility index (Phi) is 8.06. The van der Waals surface area contributed by atoms with Gasteiger partial charge in [-0.25, -0.2) is 13.1 Å². The third-order valence-electron chi connectivity index (χ3n) is 5.56. The second-order valence-corrected chi connectivity index (χ2v) is 9.62. The van der Waals surface area contributed by atoms with Gasteiger partial charge in [-0.05, 0) is 62.3 Å². The first-order chi connectivity index (χ1) is 14.9. The van der Waals surface area contributed by atoms with Crippen molar-refractivity contribution in [3.63, 3.8) is 0 Å². The maximum absolute atomic E-state index is 12.6. The van der Waals surface area contributed by atoms with Crippen molar-refractivity contribution in [3.05, 3.63) is 59.2 Å². The zero-order chi connectivity index (χ0) is 22.3. The minimum Gasteiger partial charge on any atom is -0.495 e. The lowest BCUT2D eigenvalue weighted by atomic mass is 10.1. The van der Waals surface area contributed by atoms with Gasteiger partial charge in [0, 0.05) is 18.7 Å². The van der Waals surface area contributed by atoms with Crippen LogP contribution in [-0.2, 0) is 23.1 Å². The van der Waals surface area contributed by atoms with E-state index in [4.69, 9.17) is 4.74 Å². The average molecular weight is 446 g/mol. The molecule has 1 heterocycles. The molecule has 1 fully saturated rings. The van der Waals surface area contributed by atoms with E-state index >= 15 is 0 Å². The van der Waals surface area contributed by atoms with E-state index in [0.29, 0.717) is 6.54 Å². The predicted octanol–water partition coefficient (Wildman–Crippen LogP) is 2.91. The van der Waals surface area contributed by atoms with Gasteiger partial charge in [-0.1, -0.05) is 37.1 Å². The Hall–Kier alpha value is -2.42. The third-order valence-corrected chi connectivity index (χ3v) is 7.00. The second kappa shape index (κ2) is 10.7. The van der Waals surface area contributed by atoms with Gasteiger partial charge in [0.2, 0.25) is 10.0 Å². The maximum atomic E-state index is 12.6. The maximum Gasteiger partial charge on any atom is 0.251 e. The lowest BCUT2D eigenvalue weighted by Gasteiger charge is -2.19. The summed E-state index contributed by atoms with van der Waals surface area (Å²) < 4.78 is 31.8. The molecule has 0 radical (unpaired) electrons. The molecule has 1 amide bonds. The van der Waals surface area contributed by atoms with E-state index in [1.807, 2.05) is 12.1 Å². The molecule has 7 nitrogen and oxygen atoms in total. The van der Waals surface area contributed by atoms with Crippen molar-refractivity contribution >= 4 is 15.9 Å².